The van der Waals surface area contributed by atoms with Crippen molar-refractivity contribution in [3.8, 4) is 0 Å². The van der Waals surface area contributed by atoms with Gasteiger partial charge in [-0.2, -0.15) is 0 Å². The van der Waals surface area contributed by atoms with Gasteiger partial charge in [0.25, 0.3) is 0 Å². The quantitative estimate of drug-likeness (QED) is 0.841. The highest BCUT2D eigenvalue weighted by atomic mass is 19.2. The molecule has 1 N–H and O–H groups in total. The van der Waals surface area contributed by atoms with E-state index in [4.69, 9.17) is 0 Å². The summed E-state index contributed by atoms with van der Waals surface area (Å²) in [6, 6.07) is 1.18. The van der Waals surface area contributed by atoms with E-state index in [1.165, 1.54) is 0 Å². The molecule has 1 amide bonds. The predicted molar refractivity (Wildman–Crippen MR) is 65.1 cm³/mol. The zero-order valence-electron chi connectivity index (χ0n) is 10.8. The molecule has 0 saturated carbocycles. The minimum absolute atomic E-state index is 0.0721. The van der Waals surface area contributed by atoms with Gasteiger partial charge in [-0.3, -0.25) is 4.79 Å². The summed E-state index contributed by atoms with van der Waals surface area (Å²) in [4.78, 5) is 11.5. The molecule has 0 radical (unpaired) electrons. The number of rotatable bonds is 3. The van der Waals surface area contributed by atoms with Crippen LogP contribution in [0.1, 0.15) is 38.2 Å². The number of amides is 1. The normalized spacial score (nSPS) is 22.9. The molecule has 2 unspecified atom stereocenters. The topological polar surface area (TPSA) is 29.1 Å². The number of carbonyl (C=O) groups is 1. The Morgan fingerprint density at radius 3 is 2.47 bits per heavy atom. The first-order chi connectivity index (χ1) is 8.88. The second-order valence-electron chi connectivity index (χ2n) is 5.40. The highest BCUT2D eigenvalue weighted by Gasteiger charge is 2.35. The average molecular weight is 271 g/mol. The van der Waals surface area contributed by atoms with Crippen LogP contribution in [0.4, 0.5) is 13.2 Å². The van der Waals surface area contributed by atoms with Crippen molar-refractivity contribution in [2.24, 2.45) is 5.92 Å². The van der Waals surface area contributed by atoms with Gasteiger partial charge in [-0.15, -0.1) is 0 Å². The van der Waals surface area contributed by atoms with Crippen LogP contribution in [0, 0.1) is 23.4 Å². The third kappa shape index (κ3) is 2.91. The fraction of sp³-hybridized carbons (Fsp3) is 0.500. The zero-order chi connectivity index (χ0) is 14.2. The van der Waals surface area contributed by atoms with Gasteiger partial charge in [-0.05, 0) is 24.0 Å². The minimum Gasteiger partial charge on any atom is -0.353 e. The number of hydrogen-bond donors (Lipinski definition) is 1. The maximum Gasteiger partial charge on any atom is 0.220 e. The van der Waals surface area contributed by atoms with Crippen molar-refractivity contribution in [1.29, 1.82) is 0 Å². The Kier molecular flexibility index (Phi) is 3.83. The third-order valence-corrected chi connectivity index (χ3v) is 3.40. The monoisotopic (exact) mass is 271 g/mol. The highest BCUT2D eigenvalue weighted by molar-refractivity contribution is 5.80. The predicted octanol–water partition coefficient (Wildman–Crippen LogP) is 3.12. The lowest BCUT2D eigenvalue weighted by atomic mass is 9.87. The largest absolute Gasteiger partial charge is 0.353 e. The molecule has 1 aliphatic rings. The van der Waals surface area contributed by atoms with Gasteiger partial charge in [0.05, 0.1) is 0 Å². The molecule has 19 heavy (non-hydrogen) atoms. The van der Waals surface area contributed by atoms with Crippen LogP contribution in [0.2, 0.25) is 0 Å². The lowest BCUT2D eigenvalue weighted by Crippen LogP contribution is -2.30. The fourth-order valence-electron chi connectivity index (χ4n) is 2.59. The summed E-state index contributed by atoms with van der Waals surface area (Å²) in [7, 11) is 0. The Labute approximate surface area is 110 Å². The maximum atomic E-state index is 13.8. The van der Waals surface area contributed by atoms with Crippen molar-refractivity contribution < 1.29 is 18.0 Å². The molecule has 1 heterocycles. The van der Waals surface area contributed by atoms with E-state index < -0.39 is 23.4 Å². The van der Waals surface area contributed by atoms with Gasteiger partial charge in [-0.1, -0.05) is 13.8 Å². The average Bonchev–Trinajstić information content (AvgIpc) is 2.63. The van der Waals surface area contributed by atoms with Crippen LogP contribution in [-0.4, -0.2) is 11.9 Å². The summed E-state index contributed by atoms with van der Waals surface area (Å²) in [5.74, 6) is -3.39. The Bertz CT molecular complexity index is 502. The van der Waals surface area contributed by atoms with Gasteiger partial charge in [0.2, 0.25) is 5.91 Å². The molecule has 2 rings (SSSR count). The molecule has 1 saturated heterocycles. The number of carbonyl (C=O) groups excluding carboxylic acids is 1. The van der Waals surface area contributed by atoms with Crippen LogP contribution < -0.4 is 5.32 Å². The Hall–Kier alpha value is -1.52. The number of nitrogens with one attached hydrogen (secondary N) is 1. The molecule has 0 bridgehead atoms. The molecule has 2 atom stereocenters. The van der Waals surface area contributed by atoms with Crippen molar-refractivity contribution in [3.63, 3.8) is 0 Å². The molecule has 104 valence electrons. The van der Waals surface area contributed by atoms with Crippen molar-refractivity contribution in [2.75, 3.05) is 0 Å². The van der Waals surface area contributed by atoms with E-state index in [2.05, 4.69) is 5.32 Å². The molecule has 1 aliphatic heterocycles. The second-order valence-corrected chi connectivity index (χ2v) is 5.40. The van der Waals surface area contributed by atoms with Crippen LogP contribution in [0.15, 0.2) is 12.1 Å². The first-order valence-electron chi connectivity index (χ1n) is 6.32. The lowest BCUT2D eigenvalue weighted by molar-refractivity contribution is -0.119. The molecule has 1 fully saturated rings. The standard InChI is InChI=1S/C14H16F3NO/c1-7(2)3-13-9(5-14(19)18-13)8-4-11(16)12(17)6-10(8)15/h4,6-7,9,13H,3,5H2,1-2H3,(H,18,19). The van der Waals surface area contributed by atoms with E-state index in [0.717, 1.165) is 6.07 Å². The van der Waals surface area contributed by atoms with E-state index >= 15 is 0 Å². The maximum absolute atomic E-state index is 13.8. The molecular weight excluding hydrogens is 255 g/mol. The zero-order valence-corrected chi connectivity index (χ0v) is 10.8. The summed E-state index contributed by atoms with van der Waals surface area (Å²) in [5, 5.41) is 2.77. The highest BCUT2D eigenvalue weighted by Crippen LogP contribution is 2.34. The van der Waals surface area contributed by atoms with Crippen molar-refractivity contribution in [3.05, 3.63) is 35.1 Å². The Morgan fingerprint density at radius 1 is 1.21 bits per heavy atom. The first kappa shape index (κ1) is 13.9. The Balaban J connectivity index is 2.33. The summed E-state index contributed by atoms with van der Waals surface area (Å²) in [6.45, 7) is 3.98. The van der Waals surface area contributed by atoms with E-state index in [0.29, 0.717) is 18.4 Å². The molecule has 0 aromatic heterocycles. The van der Waals surface area contributed by atoms with Gasteiger partial charge in [0.1, 0.15) is 5.82 Å². The minimum atomic E-state index is -1.21. The van der Waals surface area contributed by atoms with E-state index in [1.54, 1.807) is 0 Å². The molecule has 5 heteroatoms. The van der Waals surface area contributed by atoms with E-state index in [-0.39, 0.29) is 23.9 Å². The van der Waals surface area contributed by atoms with Gasteiger partial charge < -0.3 is 5.32 Å². The molecule has 1 aromatic rings. The smallest absolute Gasteiger partial charge is 0.220 e. The molecule has 1 aromatic carbocycles. The molecule has 0 aliphatic carbocycles. The van der Waals surface area contributed by atoms with Crippen LogP contribution in [0.25, 0.3) is 0 Å². The van der Waals surface area contributed by atoms with Crippen molar-refractivity contribution in [1.82, 2.24) is 5.32 Å². The number of benzene rings is 1. The summed E-state index contributed by atoms with van der Waals surface area (Å²) in [5.41, 5.74) is 0.0721. The molecular formula is C14H16F3NO. The van der Waals surface area contributed by atoms with Gasteiger partial charge in [-0.25, -0.2) is 13.2 Å². The fourth-order valence-corrected chi connectivity index (χ4v) is 2.59. The van der Waals surface area contributed by atoms with Crippen LogP contribution in [-0.2, 0) is 4.79 Å². The van der Waals surface area contributed by atoms with Crippen molar-refractivity contribution in [2.45, 2.75) is 38.6 Å². The van der Waals surface area contributed by atoms with Gasteiger partial charge in [0.15, 0.2) is 11.6 Å². The summed E-state index contributed by atoms with van der Waals surface area (Å²) in [6.07, 6.45) is 0.786. The summed E-state index contributed by atoms with van der Waals surface area (Å²) < 4.78 is 40.0. The second kappa shape index (κ2) is 5.23. The lowest BCUT2D eigenvalue weighted by Gasteiger charge is -2.21. The van der Waals surface area contributed by atoms with E-state index in [1.807, 2.05) is 13.8 Å². The molecule has 2 nitrogen and oxygen atoms in total. The number of halogens is 3. The first-order valence-corrected chi connectivity index (χ1v) is 6.32. The molecule has 0 spiro atoms. The third-order valence-electron chi connectivity index (χ3n) is 3.40. The summed E-state index contributed by atoms with van der Waals surface area (Å²) >= 11 is 0. The number of hydrogen-bond acceptors (Lipinski definition) is 1. The van der Waals surface area contributed by atoms with Crippen LogP contribution >= 0.6 is 0 Å². The van der Waals surface area contributed by atoms with Crippen molar-refractivity contribution >= 4 is 5.91 Å². The van der Waals surface area contributed by atoms with Gasteiger partial charge in [0, 0.05) is 24.4 Å². The van der Waals surface area contributed by atoms with Crippen LogP contribution in [0.3, 0.4) is 0 Å². The van der Waals surface area contributed by atoms with Gasteiger partial charge >= 0.3 is 0 Å². The SMILES string of the molecule is CC(C)CC1NC(=O)CC1c1cc(F)c(F)cc1F. The Morgan fingerprint density at radius 2 is 1.84 bits per heavy atom. The van der Waals surface area contributed by atoms with Crippen LogP contribution in [0.5, 0.6) is 0 Å². The van der Waals surface area contributed by atoms with E-state index in [9.17, 15) is 18.0 Å².